The number of esters is 1. The molecule has 0 aromatic heterocycles. The van der Waals surface area contributed by atoms with Crippen molar-refractivity contribution in [2.75, 3.05) is 0 Å². The van der Waals surface area contributed by atoms with E-state index in [9.17, 15) is 9.90 Å². The van der Waals surface area contributed by atoms with Crippen molar-refractivity contribution in [3.05, 3.63) is 11.6 Å². The Morgan fingerprint density at radius 3 is 1.74 bits per heavy atom. The van der Waals surface area contributed by atoms with E-state index in [2.05, 4.69) is 6.92 Å². The molecule has 3 nitrogen and oxygen atoms in total. The molecule has 0 amide bonds. The Bertz CT molecular complexity index is 306. The largest absolute Gasteiger partial charge is 0.433 e. The Morgan fingerprint density at radius 1 is 0.870 bits per heavy atom. The minimum Gasteiger partial charge on any atom is -0.433 e. The highest BCUT2D eigenvalue weighted by molar-refractivity contribution is 5.82. The molecule has 0 aliphatic rings. The number of rotatable bonds is 15. The summed E-state index contributed by atoms with van der Waals surface area (Å²) in [4.78, 5) is 11.3. The van der Waals surface area contributed by atoms with E-state index in [4.69, 9.17) is 4.74 Å². The first-order chi connectivity index (χ1) is 11.1. The van der Waals surface area contributed by atoms with Crippen LogP contribution in [0.1, 0.15) is 104 Å². The topological polar surface area (TPSA) is 46.5 Å². The standard InChI is InChI=1S/C20H38O3/c1-4-5-6-7-8-9-10-11-12-13-14-15-16-19(21)23-20(22)17-18(2)3/h17,19,21H,4-16H2,1-3H3. The van der Waals surface area contributed by atoms with E-state index in [0.717, 1.165) is 18.4 Å². The van der Waals surface area contributed by atoms with Gasteiger partial charge in [-0.1, -0.05) is 83.1 Å². The van der Waals surface area contributed by atoms with Crippen LogP contribution in [0.4, 0.5) is 0 Å². The lowest BCUT2D eigenvalue weighted by Crippen LogP contribution is -2.16. The molecule has 0 aliphatic carbocycles. The second kappa shape index (κ2) is 16.0. The summed E-state index contributed by atoms with van der Waals surface area (Å²) in [6.07, 6.45) is 16.5. The first kappa shape index (κ1) is 22.2. The van der Waals surface area contributed by atoms with Gasteiger partial charge in [0.25, 0.3) is 0 Å². The molecule has 0 rings (SSSR count). The van der Waals surface area contributed by atoms with E-state index < -0.39 is 12.3 Å². The van der Waals surface area contributed by atoms with Crippen LogP contribution >= 0.6 is 0 Å². The maximum absolute atomic E-state index is 11.3. The van der Waals surface area contributed by atoms with E-state index in [0.29, 0.717) is 6.42 Å². The molecule has 0 aromatic rings. The fraction of sp³-hybridized carbons (Fsp3) is 0.850. The number of allylic oxidation sites excluding steroid dienone is 1. The molecule has 0 saturated carbocycles. The van der Waals surface area contributed by atoms with Crippen LogP contribution in [0.25, 0.3) is 0 Å². The number of unbranched alkanes of at least 4 members (excludes halogenated alkanes) is 11. The highest BCUT2D eigenvalue weighted by atomic mass is 16.6. The van der Waals surface area contributed by atoms with Crippen molar-refractivity contribution in [1.82, 2.24) is 0 Å². The van der Waals surface area contributed by atoms with Gasteiger partial charge < -0.3 is 9.84 Å². The monoisotopic (exact) mass is 326 g/mol. The van der Waals surface area contributed by atoms with Gasteiger partial charge in [-0.3, -0.25) is 0 Å². The summed E-state index contributed by atoms with van der Waals surface area (Å²) >= 11 is 0. The Morgan fingerprint density at radius 2 is 1.30 bits per heavy atom. The predicted molar refractivity (Wildman–Crippen MR) is 97.2 cm³/mol. The van der Waals surface area contributed by atoms with E-state index in [1.54, 1.807) is 0 Å². The number of hydrogen-bond donors (Lipinski definition) is 1. The van der Waals surface area contributed by atoms with Crippen LogP contribution < -0.4 is 0 Å². The van der Waals surface area contributed by atoms with Crippen LogP contribution in [0.2, 0.25) is 0 Å². The molecule has 3 heteroatoms. The second-order valence-corrected chi connectivity index (χ2v) is 6.79. The summed E-state index contributed by atoms with van der Waals surface area (Å²) in [5.74, 6) is -0.448. The van der Waals surface area contributed by atoms with Crippen molar-refractivity contribution in [1.29, 1.82) is 0 Å². The Hall–Kier alpha value is -0.830. The minimum absolute atomic E-state index is 0.448. The lowest BCUT2D eigenvalue weighted by atomic mass is 10.0. The fourth-order valence-electron chi connectivity index (χ4n) is 2.62. The maximum Gasteiger partial charge on any atom is 0.332 e. The van der Waals surface area contributed by atoms with Crippen LogP contribution in [0.3, 0.4) is 0 Å². The second-order valence-electron chi connectivity index (χ2n) is 6.79. The highest BCUT2D eigenvalue weighted by Gasteiger charge is 2.08. The van der Waals surface area contributed by atoms with Gasteiger partial charge in [-0.2, -0.15) is 0 Å². The number of carbonyl (C=O) groups is 1. The summed E-state index contributed by atoms with van der Waals surface area (Å²) < 4.78 is 4.90. The van der Waals surface area contributed by atoms with Crippen LogP contribution in [0.15, 0.2) is 11.6 Å². The quantitative estimate of drug-likeness (QED) is 0.176. The molecular formula is C20H38O3. The average molecular weight is 327 g/mol. The molecule has 0 fully saturated rings. The number of ether oxygens (including phenoxy) is 1. The van der Waals surface area contributed by atoms with Crippen molar-refractivity contribution in [3.8, 4) is 0 Å². The summed E-state index contributed by atoms with van der Waals surface area (Å²) in [5.41, 5.74) is 0.882. The van der Waals surface area contributed by atoms with Gasteiger partial charge in [0.2, 0.25) is 6.29 Å². The zero-order valence-electron chi connectivity index (χ0n) is 15.6. The Balaban J connectivity index is 3.29. The third-order valence-electron chi connectivity index (χ3n) is 3.96. The zero-order valence-corrected chi connectivity index (χ0v) is 15.6. The highest BCUT2D eigenvalue weighted by Crippen LogP contribution is 2.13. The molecule has 0 aliphatic heterocycles. The van der Waals surface area contributed by atoms with Gasteiger partial charge in [0.05, 0.1) is 0 Å². The van der Waals surface area contributed by atoms with Crippen molar-refractivity contribution in [2.24, 2.45) is 0 Å². The molecular weight excluding hydrogens is 288 g/mol. The van der Waals surface area contributed by atoms with Gasteiger partial charge in [0.1, 0.15) is 0 Å². The summed E-state index contributed by atoms with van der Waals surface area (Å²) in [5, 5.41) is 9.62. The predicted octanol–water partition coefficient (Wildman–Crippen LogP) is 5.91. The summed E-state index contributed by atoms with van der Waals surface area (Å²) in [7, 11) is 0. The number of carbonyl (C=O) groups excluding carboxylic acids is 1. The lowest BCUT2D eigenvalue weighted by Gasteiger charge is -2.10. The van der Waals surface area contributed by atoms with Crippen molar-refractivity contribution in [3.63, 3.8) is 0 Å². The average Bonchev–Trinajstić information content (AvgIpc) is 2.47. The van der Waals surface area contributed by atoms with Gasteiger partial charge in [0, 0.05) is 12.5 Å². The normalized spacial score (nSPS) is 12.0. The van der Waals surface area contributed by atoms with Crippen molar-refractivity contribution in [2.45, 2.75) is 111 Å². The molecule has 0 heterocycles. The molecule has 0 spiro atoms. The molecule has 23 heavy (non-hydrogen) atoms. The number of aliphatic hydroxyl groups excluding tert-OH is 1. The summed E-state index contributed by atoms with van der Waals surface area (Å²) in [6, 6.07) is 0. The Labute approximate surface area is 143 Å². The van der Waals surface area contributed by atoms with Crippen LogP contribution in [0.5, 0.6) is 0 Å². The van der Waals surface area contributed by atoms with Crippen molar-refractivity contribution < 1.29 is 14.6 Å². The molecule has 136 valence electrons. The van der Waals surface area contributed by atoms with Crippen molar-refractivity contribution >= 4 is 5.97 Å². The smallest absolute Gasteiger partial charge is 0.332 e. The zero-order chi connectivity index (χ0) is 17.3. The lowest BCUT2D eigenvalue weighted by molar-refractivity contribution is -0.162. The van der Waals surface area contributed by atoms with E-state index in [1.807, 2.05) is 13.8 Å². The van der Waals surface area contributed by atoms with Gasteiger partial charge in [-0.15, -0.1) is 0 Å². The molecule has 0 aromatic carbocycles. The van der Waals surface area contributed by atoms with Gasteiger partial charge in [-0.25, -0.2) is 4.79 Å². The molecule has 0 bridgehead atoms. The van der Waals surface area contributed by atoms with Gasteiger partial charge in [-0.05, 0) is 20.3 Å². The number of aliphatic hydroxyl groups is 1. The van der Waals surface area contributed by atoms with Crippen LogP contribution in [-0.4, -0.2) is 17.4 Å². The van der Waals surface area contributed by atoms with E-state index >= 15 is 0 Å². The Kier molecular flexibility index (Phi) is 15.5. The van der Waals surface area contributed by atoms with Crippen LogP contribution in [0, 0.1) is 0 Å². The van der Waals surface area contributed by atoms with E-state index in [-0.39, 0.29) is 0 Å². The first-order valence-electron chi connectivity index (χ1n) is 9.59. The van der Waals surface area contributed by atoms with Gasteiger partial charge >= 0.3 is 5.97 Å². The van der Waals surface area contributed by atoms with E-state index in [1.165, 1.54) is 70.3 Å². The third-order valence-corrected chi connectivity index (χ3v) is 3.96. The molecule has 1 N–H and O–H groups in total. The molecule has 0 saturated heterocycles. The fourth-order valence-corrected chi connectivity index (χ4v) is 2.62. The maximum atomic E-state index is 11.3. The SMILES string of the molecule is CCCCCCCCCCCCCCC(O)OC(=O)C=C(C)C. The van der Waals surface area contributed by atoms with Crippen LogP contribution in [-0.2, 0) is 9.53 Å². The molecule has 1 atom stereocenters. The molecule has 0 radical (unpaired) electrons. The number of hydrogen-bond acceptors (Lipinski definition) is 3. The first-order valence-corrected chi connectivity index (χ1v) is 9.59. The van der Waals surface area contributed by atoms with Gasteiger partial charge in [0.15, 0.2) is 0 Å². The minimum atomic E-state index is -0.957. The molecule has 1 unspecified atom stereocenters. The third kappa shape index (κ3) is 17.4. The summed E-state index contributed by atoms with van der Waals surface area (Å²) in [6.45, 7) is 5.92.